The third-order valence-electron chi connectivity index (χ3n) is 11.9. The lowest BCUT2D eigenvalue weighted by Gasteiger charge is -2.47. The van der Waals surface area contributed by atoms with Crippen molar-refractivity contribution in [3.8, 4) is 11.5 Å². The summed E-state index contributed by atoms with van der Waals surface area (Å²) >= 11 is 0. The second-order valence-electron chi connectivity index (χ2n) is 14.5. The molecular weight excluding hydrogens is 568 g/mol. The fraction of sp³-hybridized carbons (Fsp3) is 0.622. The standard InChI is InChI=1S/C37H52N2O6/c1-38(24-26-8-16-32(42-3)17-9-26)28-12-13-29(38)21-34(20-28)44-36(40)6-5-7-37(41)45-35-22-30-14-15-31(23-35)39(30,2)25-27-10-18-33(43-4)19-11-27/h8-11,16-19,28-31,34-35H,5-7,12-15,20-25H2,1-4H3/q+2. The molecule has 4 unspecified atom stereocenters. The predicted molar refractivity (Wildman–Crippen MR) is 171 cm³/mol. The number of fused-ring (bicyclic) bond motifs is 4. The largest absolute Gasteiger partial charge is 0.497 e. The number of piperidine rings is 2. The van der Waals surface area contributed by atoms with Gasteiger partial charge in [-0.25, -0.2) is 0 Å². The van der Waals surface area contributed by atoms with Crippen molar-refractivity contribution in [2.45, 2.75) is 120 Å². The van der Waals surface area contributed by atoms with Crippen LogP contribution >= 0.6 is 0 Å². The summed E-state index contributed by atoms with van der Waals surface area (Å²) in [7, 11) is 8.13. The maximum atomic E-state index is 12.8. The lowest BCUT2D eigenvalue weighted by atomic mass is 9.95. The zero-order chi connectivity index (χ0) is 31.6. The average molecular weight is 621 g/mol. The monoisotopic (exact) mass is 620 g/mol. The molecule has 45 heavy (non-hydrogen) atoms. The summed E-state index contributed by atoms with van der Waals surface area (Å²) in [5.74, 6) is 1.40. The van der Waals surface area contributed by atoms with Gasteiger partial charge in [-0.15, -0.1) is 0 Å². The highest BCUT2D eigenvalue weighted by atomic mass is 16.5. The summed E-state index contributed by atoms with van der Waals surface area (Å²) in [6.45, 7) is 1.98. The number of esters is 2. The van der Waals surface area contributed by atoms with Gasteiger partial charge in [-0.3, -0.25) is 9.59 Å². The van der Waals surface area contributed by atoms with Crippen LogP contribution in [0.5, 0.6) is 11.5 Å². The second kappa shape index (κ2) is 13.3. The first kappa shape index (κ1) is 31.9. The summed E-state index contributed by atoms with van der Waals surface area (Å²) in [5, 5.41) is 0. The quantitative estimate of drug-likeness (QED) is 0.216. The fourth-order valence-corrected chi connectivity index (χ4v) is 9.21. The first-order valence-corrected chi connectivity index (χ1v) is 17.0. The van der Waals surface area contributed by atoms with Gasteiger partial charge in [0.25, 0.3) is 0 Å². The Hall–Kier alpha value is -3.10. The smallest absolute Gasteiger partial charge is 0.306 e. The number of rotatable bonds is 12. The number of hydrogen-bond donors (Lipinski definition) is 0. The van der Waals surface area contributed by atoms with E-state index in [9.17, 15) is 9.59 Å². The van der Waals surface area contributed by atoms with E-state index in [1.54, 1.807) is 14.2 Å². The van der Waals surface area contributed by atoms with Crippen LogP contribution in [0.2, 0.25) is 0 Å². The molecule has 2 aromatic carbocycles. The maximum Gasteiger partial charge on any atom is 0.306 e. The molecule has 4 bridgehead atoms. The van der Waals surface area contributed by atoms with E-state index in [-0.39, 0.29) is 37.0 Å². The molecule has 0 N–H and O–H groups in total. The van der Waals surface area contributed by atoms with Gasteiger partial charge in [0.1, 0.15) is 36.8 Å². The van der Waals surface area contributed by atoms with Gasteiger partial charge in [-0.1, -0.05) is 0 Å². The number of carbonyl (C=O) groups excluding carboxylic acids is 2. The molecule has 8 heteroatoms. The van der Waals surface area contributed by atoms with Crippen LogP contribution < -0.4 is 9.47 Å². The minimum absolute atomic E-state index is 0.0212. The van der Waals surface area contributed by atoms with Crippen molar-refractivity contribution in [1.29, 1.82) is 0 Å². The summed E-state index contributed by atoms with van der Waals surface area (Å²) in [5.41, 5.74) is 2.64. The normalized spacial score (nSPS) is 33.4. The first-order valence-electron chi connectivity index (χ1n) is 17.0. The molecule has 244 valence electrons. The van der Waals surface area contributed by atoms with Crippen LogP contribution in [0.4, 0.5) is 0 Å². The van der Waals surface area contributed by atoms with Gasteiger partial charge in [0, 0.05) is 75.3 Å². The molecule has 4 heterocycles. The molecule has 0 aromatic heterocycles. The van der Waals surface area contributed by atoms with Crippen molar-refractivity contribution < 1.29 is 37.5 Å². The van der Waals surface area contributed by atoms with Gasteiger partial charge < -0.3 is 27.9 Å². The summed E-state index contributed by atoms with van der Waals surface area (Å²) in [6.07, 6.45) is 9.35. The first-order chi connectivity index (χ1) is 21.7. The highest BCUT2D eigenvalue weighted by Gasteiger charge is 2.53. The molecule has 0 radical (unpaired) electrons. The Bertz CT molecular complexity index is 1200. The number of carbonyl (C=O) groups is 2. The van der Waals surface area contributed by atoms with Crippen molar-refractivity contribution >= 4 is 11.9 Å². The van der Waals surface area contributed by atoms with Crippen LogP contribution in [-0.4, -0.2) is 85.6 Å². The number of benzene rings is 2. The fourth-order valence-electron chi connectivity index (χ4n) is 9.21. The number of methoxy groups -OCH3 is 2. The third kappa shape index (κ3) is 6.87. The average Bonchev–Trinajstić information content (AvgIpc) is 3.26. The molecule has 6 rings (SSSR count). The number of hydrogen-bond acceptors (Lipinski definition) is 6. The Labute approximate surface area is 268 Å². The maximum absolute atomic E-state index is 12.8. The minimum Gasteiger partial charge on any atom is -0.497 e. The molecule has 8 nitrogen and oxygen atoms in total. The van der Waals surface area contributed by atoms with Crippen molar-refractivity contribution in [2.24, 2.45) is 0 Å². The van der Waals surface area contributed by atoms with Gasteiger partial charge in [0.15, 0.2) is 0 Å². The Morgan fingerprint density at radius 2 is 0.933 bits per heavy atom. The lowest BCUT2D eigenvalue weighted by molar-refractivity contribution is -0.961. The topological polar surface area (TPSA) is 71.1 Å². The van der Waals surface area contributed by atoms with Crippen LogP contribution in [0.1, 0.15) is 81.8 Å². The zero-order valence-electron chi connectivity index (χ0n) is 27.6. The second-order valence-corrected chi connectivity index (χ2v) is 14.5. The SMILES string of the molecule is COc1ccc(C[N+]2(C)C3CCC2CC(OC(=O)CCCC(=O)OC2CC4CCC(C2)[N+]4(C)Cc2ccc(OC)cc2)C3)cc1. The van der Waals surface area contributed by atoms with Gasteiger partial charge >= 0.3 is 11.9 Å². The molecule has 4 saturated heterocycles. The van der Waals surface area contributed by atoms with E-state index in [0.717, 1.165) is 59.2 Å². The van der Waals surface area contributed by atoms with Gasteiger partial charge in [-0.05, 0) is 55.0 Å². The van der Waals surface area contributed by atoms with Crippen molar-refractivity contribution in [3.05, 3.63) is 59.7 Å². The molecule has 0 aliphatic carbocycles. The molecular formula is C37H52N2O6+2. The van der Waals surface area contributed by atoms with Crippen LogP contribution in [0.25, 0.3) is 0 Å². The minimum atomic E-state index is -0.180. The Balaban J connectivity index is 0.912. The molecule has 4 aliphatic rings. The van der Waals surface area contributed by atoms with Gasteiger partial charge in [-0.2, -0.15) is 0 Å². The van der Waals surface area contributed by atoms with Crippen molar-refractivity contribution in [3.63, 3.8) is 0 Å². The number of nitrogens with zero attached hydrogens (tertiary/aromatic N) is 2. The summed E-state index contributed by atoms with van der Waals surface area (Å²) < 4.78 is 24.6. The number of quaternary nitrogens is 2. The van der Waals surface area contributed by atoms with Crippen LogP contribution in [0, 0.1) is 0 Å². The highest BCUT2D eigenvalue weighted by Crippen LogP contribution is 2.45. The highest BCUT2D eigenvalue weighted by molar-refractivity contribution is 5.72. The van der Waals surface area contributed by atoms with E-state index in [1.165, 1.54) is 36.8 Å². The van der Waals surface area contributed by atoms with E-state index >= 15 is 0 Å². The van der Waals surface area contributed by atoms with E-state index < -0.39 is 0 Å². The van der Waals surface area contributed by atoms with Crippen molar-refractivity contribution in [1.82, 2.24) is 0 Å². The number of ether oxygens (including phenoxy) is 4. The molecule has 0 spiro atoms. The molecule has 2 aromatic rings. The molecule has 4 aliphatic heterocycles. The predicted octanol–water partition coefficient (Wildman–Crippen LogP) is 5.94. The van der Waals surface area contributed by atoms with Gasteiger partial charge in [0.2, 0.25) is 0 Å². The van der Waals surface area contributed by atoms with Crippen LogP contribution in [-0.2, 0) is 32.2 Å². The Morgan fingerprint density at radius 1 is 0.600 bits per heavy atom. The van der Waals surface area contributed by atoms with Crippen molar-refractivity contribution in [2.75, 3.05) is 28.3 Å². The summed E-state index contributed by atoms with van der Waals surface area (Å²) in [6, 6.07) is 18.8. The lowest BCUT2D eigenvalue weighted by Crippen LogP contribution is -2.58. The molecule has 4 atom stereocenters. The van der Waals surface area contributed by atoms with Crippen LogP contribution in [0.15, 0.2) is 48.5 Å². The molecule has 0 saturated carbocycles. The van der Waals surface area contributed by atoms with E-state index in [1.807, 2.05) is 24.3 Å². The van der Waals surface area contributed by atoms with E-state index in [2.05, 4.69) is 38.4 Å². The van der Waals surface area contributed by atoms with Crippen LogP contribution in [0.3, 0.4) is 0 Å². The van der Waals surface area contributed by atoms with E-state index in [4.69, 9.17) is 18.9 Å². The Kier molecular flexibility index (Phi) is 9.44. The zero-order valence-corrected chi connectivity index (χ0v) is 27.6. The summed E-state index contributed by atoms with van der Waals surface area (Å²) in [4.78, 5) is 25.6. The van der Waals surface area contributed by atoms with E-state index in [0.29, 0.717) is 30.6 Å². The van der Waals surface area contributed by atoms with Gasteiger partial charge in [0.05, 0.1) is 52.5 Å². The molecule has 4 fully saturated rings. The molecule has 0 amide bonds. The Morgan fingerprint density at radius 3 is 1.24 bits per heavy atom. The third-order valence-corrected chi connectivity index (χ3v) is 11.9.